The van der Waals surface area contributed by atoms with Crippen molar-refractivity contribution in [1.82, 2.24) is 14.8 Å². The van der Waals surface area contributed by atoms with Crippen molar-refractivity contribution in [2.24, 2.45) is 0 Å². The summed E-state index contributed by atoms with van der Waals surface area (Å²) in [6.07, 6.45) is 8.90. The molecule has 7 nitrogen and oxygen atoms in total. The molecule has 2 aromatic heterocycles. The molecule has 0 aliphatic carbocycles. The number of hydrogen-bond donors (Lipinski definition) is 2. The molecule has 2 N–H and O–H groups in total. The average Bonchev–Trinajstić information content (AvgIpc) is 3.21. The van der Waals surface area contributed by atoms with Crippen molar-refractivity contribution >= 4 is 22.7 Å². The third-order valence-electron chi connectivity index (χ3n) is 6.04. The first-order valence-corrected chi connectivity index (χ1v) is 11.7. The molecule has 0 radical (unpaired) electrons. The Labute approximate surface area is 188 Å². The van der Waals surface area contributed by atoms with Crippen LogP contribution in [0.25, 0.3) is 10.9 Å². The number of aryl methyl sites for hydroxylation is 1. The smallest absolute Gasteiger partial charge is 0.305 e. The summed E-state index contributed by atoms with van der Waals surface area (Å²) in [5.74, 6) is 1.01. The van der Waals surface area contributed by atoms with E-state index in [1.165, 1.54) is 5.56 Å². The van der Waals surface area contributed by atoms with Crippen LogP contribution in [0.5, 0.6) is 5.75 Å². The summed E-state index contributed by atoms with van der Waals surface area (Å²) >= 11 is 0. The van der Waals surface area contributed by atoms with Crippen molar-refractivity contribution in [2.75, 3.05) is 18.5 Å². The van der Waals surface area contributed by atoms with E-state index in [1.807, 2.05) is 22.9 Å². The minimum absolute atomic E-state index is 0.0847. The first-order chi connectivity index (χ1) is 15.6. The molecule has 0 spiro atoms. The highest BCUT2D eigenvalue weighted by molar-refractivity contribution is 5.80. The highest BCUT2D eigenvalue weighted by Gasteiger charge is 2.18. The maximum atomic E-state index is 11.4. The third-order valence-corrected chi connectivity index (χ3v) is 6.04. The molecule has 170 valence electrons. The molecule has 0 amide bonds. The second-order valence-electron chi connectivity index (χ2n) is 8.50. The van der Waals surface area contributed by atoms with E-state index in [9.17, 15) is 9.90 Å². The number of pyridine rings is 1. The maximum absolute atomic E-state index is 11.4. The van der Waals surface area contributed by atoms with Crippen molar-refractivity contribution in [3.05, 3.63) is 47.8 Å². The SMILES string of the molecule is CCCCCC(CC(=O)O)n1ncc2cc(OCCc3ccc4c(n3)NCCC4)ccc21. The number of benzene rings is 1. The lowest BCUT2D eigenvalue weighted by atomic mass is 10.1. The zero-order chi connectivity index (χ0) is 22.3. The topological polar surface area (TPSA) is 89.3 Å². The lowest BCUT2D eigenvalue weighted by Gasteiger charge is -2.17. The molecule has 0 bridgehead atoms. The van der Waals surface area contributed by atoms with Gasteiger partial charge in [0, 0.05) is 24.0 Å². The molecule has 3 aromatic rings. The van der Waals surface area contributed by atoms with Crippen LogP contribution in [-0.2, 0) is 17.6 Å². The summed E-state index contributed by atoms with van der Waals surface area (Å²) in [6.45, 7) is 3.68. The van der Waals surface area contributed by atoms with Crippen LogP contribution in [-0.4, -0.2) is 39.0 Å². The van der Waals surface area contributed by atoms with Crippen molar-refractivity contribution in [1.29, 1.82) is 0 Å². The Balaban J connectivity index is 1.40. The minimum atomic E-state index is -0.791. The van der Waals surface area contributed by atoms with Gasteiger partial charge in [0.2, 0.25) is 0 Å². The number of nitrogens with one attached hydrogen (secondary N) is 1. The zero-order valence-corrected chi connectivity index (χ0v) is 18.7. The van der Waals surface area contributed by atoms with Crippen LogP contribution in [0, 0.1) is 0 Å². The fourth-order valence-electron chi connectivity index (χ4n) is 4.34. The van der Waals surface area contributed by atoms with Gasteiger partial charge < -0.3 is 15.2 Å². The minimum Gasteiger partial charge on any atom is -0.493 e. The predicted molar refractivity (Wildman–Crippen MR) is 125 cm³/mol. The Hall–Kier alpha value is -3.09. The number of nitrogens with zero attached hydrogens (tertiary/aromatic N) is 3. The van der Waals surface area contributed by atoms with Crippen LogP contribution in [0.4, 0.5) is 5.82 Å². The molecule has 7 heteroatoms. The van der Waals surface area contributed by atoms with Crippen molar-refractivity contribution in [3.8, 4) is 5.75 Å². The number of unbranched alkanes of at least 4 members (excludes halogenated alkanes) is 2. The van der Waals surface area contributed by atoms with E-state index in [-0.39, 0.29) is 12.5 Å². The van der Waals surface area contributed by atoms with E-state index >= 15 is 0 Å². The second kappa shape index (κ2) is 10.5. The summed E-state index contributed by atoms with van der Waals surface area (Å²) in [5, 5.41) is 18.2. The molecule has 1 atom stereocenters. The Morgan fingerprint density at radius 1 is 1.28 bits per heavy atom. The van der Waals surface area contributed by atoms with Gasteiger partial charge in [-0.25, -0.2) is 4.98 Å². The van der Waals surface area contributed by atoms with Crippen LogP contribution in [0.3, 0.4) is 0 Å². The number of hydrogen-bond acceptors (Lipinski definition) is 5. The van der Waals surface area contributed by atoms with Gasteiger partial charge >= 0.3 is 5.97 Å². The number of carboxylic acid groups (broad SMARTS) is 1. The molecular weight excluding hydrogens is 404 g/mol. The summed E-state index contributed by atoms with van der Waals surface area (Å²) in [5.41, 5.74) is 3.26. The van der Waals surface area contributed by atoms with Crippen LogP contribution in [0.1, 0.15) is 62.7 Å². The fourth-order valence-corrected chi connectivity index (χ4v) is 4.34. The van der Waals surface area contributed by atoms with Crippen LogP contribution in [0.2, 0.25) is 0 Å². The Morgan fingerprint density at radius 2 is 2.19 bits per heavy atom. The summed E-state index contributed by atoms with van der Waals surface area (Å²) < 4.78 is 7.85. The lowest BCUT2D eigenvalue weighted by molar-refractivity contribution is -0.138. The number of fused-ring (bicyclic) bond motifs is 2. The van der Waals surface area contributed by atoms with Crippen molar-refractivity contribution < 1.29 is 14.6 Å². The number of anilines is 1. The van der Waals surface area contributed by atoms with Crippen LogP contribution < -0.4 is 10.1 Å². The van der Waals surface area contributed by atoms with Gasteiger partial charge in [-0.3, -0.25) is 9.48 Å². The number of aromatic nitrogens is 3. The zero-order valence-electron chi connectivity index (χ0n) is 18.7. The van der Waals surface area contributed by atoms with Gasteiger partial charge in [-0.2, -0.15) is 5.10 Å². The molecule has 3 heterocycles. The van der Waals surface area contributed by atoms with Gasteiger partial charge in [0.15, 0.2) is 0 Å². The molecule has 0 saturated carbocycles. The summed E-state index contributed by atoms with van der Waals surface area (Å²) in [7, 11) is 0. The number of ether oxygens (including phenoxy) is 1. The molecule has 1 aliphatic rings. The maximum Gasteiger partial charge on any atom is 0.305 e. The van der Waals surface area contributed by atoms with E-state index in [2.05, 4.69) is 29.5 Å². The van der Waals surface area contributed by atoms with E-state index < -0.39 is 5.97 Å². The first kappa shape index (κ1) is 22.1. The highest BCUT2D eigenvalue weighted by Crippen LogP contribution is 2.27. The predicted octanol–water partition coefficient (Wildman–Crippen LogP) is 5.01. The molecule has 1 aromatic carbocycles. The van der Waals surface area contributed by atoms with E-state index in [0.29, 0.717) is 6.61 Å². The third kappa shape index (κ3) is 5.39. The molecule has 0 saturated heterocycles. The van der Waals surface area contributed by atoms with Crippen LogP contribution in [0.15, 0.2) is 36.5 Å². The van der Waals surface area contributed by atoms with E-state index in [1.54, 1.807) is 6.20 Å². The van der Waals surface area contributed by atoms with E-state index in [4.69, 9.17) is 9.72 Å². The Bertz CT molecular complexity index is 1060. The normalized spacial score (nSPS) is 14.0. The van der Waals surface area contributed by atoms with E-state index in [0.717, 1.165) is 79.7 Å². The number of aliphatic carboxylic acids is 1. The molecule has 32 heavy (non-hydrogen) atoms. The standard InChI is InChI=1S/C25H32N4O3/c1-2-3-4-7-21(16-24(30)31)29-23-11-10-22(15-19(23)17-27-29)32-14-12-20-9-8-18-6-5-13-26-25(18)28-20/h8-11,15,17,21H,2-7,12-14,16H2,1H3,(H,26,28)(H,30,31). The fraction of sp³-hybridized carbons (Fsp3) is 0.480. The largest absolute Gasteiger partial charge is 0.493 e. The quantitative estimate of drug-likeness (QED) is 0.411. The summed E-state index contributed by atoms with van der Waals surface area (Å²) in [4.78, 5) is 16.1. The molecule has 4 rings (SSSR count). The number of carbonyl (C=O) groups is 1. The molecule has 1 aliphatic heterocycles. The van der Waals surface area contributed by atoms with Gasteiger partial charge in [0.1, 0.15) is 11.6 Å². The molecule has 0 fully saturated rings. The second-order valence-corrected chi connectivity index (χ2v) is 8.50. The Kier molecular flexibility index (Phi) is 7.24. The van der Waals surface area contributed by atoms with Crippen LogP contribution >= 0.6 is 0 Å². The highest BCUT2D eigenvalue weighted by atomic mass is 16.5. The number of rotatable bonds is 11. The summed E-state index contributed by atoms with van der Waals surface area (Å²) in [6, 6.07) is 10.0. The van der Waals surface area contributed by atoms with Crippen molar-refractivity contribution in [3.63, 3.8) is 0 Å². The van der Waals surface area contributed by atoms with Gasteiger partial charge in [-0.05, 0) is 49.1 Å². The van der Waals surface area contributed by atoms with Gasteiger partial charge in [0.25, 0.3) is 0 Å². The van der Waals surface area contributed by atoms with Gasteiger partial charge in [0.05, 0.1) is 30.8 Å². The average molecular weight is 437 g/mol. The first-order valence-electron chi connectivity index (χ1n) is 11.7. The number of carboxylic acids is 1. The van der Waals surface area contributed by atoms with Gasteiger partial charge in [-0.15, -0.1) is 0 Å². The van der Waals surface area contributed by atoms with Crippen molar-refractivity contribution in [2.45, 2.75) is 64.3 Å². The Morgan fingerprint density at radius 3 is 3.03 bits per heavy atom. The monoisotopic (exact) mass is 436 g/mol. The lowest BCUT2D eigenvalue weighted by Crippen LogP contribution is -2.15. The van der Waals surface area contributed by atoms with Gasteiger partial charge in [-0.1, -0.05) is 32.3 Å². The molecular formula is C25H32N4O3. The molecule has 1 unspecified atom stereocenters.